The van der Waals surface area contributed by atoms with Gasteiger partial charge in [-0.1, -0.05) is 12.0 Å². The lowest BCUT2D eigenvalue weighted by Gasteiger charge is -2.22. The molecule has 1 saturated heterocycles. The molecule has 0 saturated carbocycles. The summed E-state index contributed by atoms with van der Waals surface area (Å²) >= 11 is 0. The van der Waals surface area contributed by atoms with Crippen molar-refractivity contribution in [3.05, 3.63) is 54.0 Å². The van der Waals surface area contributed by atoms with Crippen LogP contribution in [-0.4, -0.2) is 59.5 Å². The second-order valence-electron chi connectivity index (χ2n) is 6.04. The number of hydrogen-bond acceptors (Lipinski definition) is 6. The standard InChI is InChI=1S/C20H20N4O3/c1-2-14-27-20(26)24-11-5-10-23(12-13-24)18-8-3-7-17(22-18)19(25)16-6-4-9-21-15-16/h1,3-4,6-9,15H,5,10-14H2. The Hall–Kier alpha value is -3.40. The van der Waals surface area contributed by atoms with Crippen LogP contribution in [0.2, 0.25) is 0 Å². The number of nitrogens with zero attached hydrogens (tertiary/aromatic N) is 4. The van der Waals surface area contributed by atoms with E-state index in [9.17, 15) is 9.59 Å². The van der Waals surface area contributed by atoms with Gasteiger partial charge in [0.05, 0.1) is 0 Å². The molecule has 0 aliphatic carbocycles. The highest BCUT2D eigenvalue weighted by Crippen LogP contribution is 2.16. The van der Waals surface area contributed by atoms with Crippen molar-refractivity contribution in [3.8, 4) is 12.3 Å². The Morgan fingerprint density at radius 2 is 2.04 bits per heavy atom. The normalized spacial score (nSPS) is 14.2. The van der Waals surface area contributed by atoms with Crippen molar-refractivity contribution >= 4 is 17.7 Å². The van der Waals surface area contributed by atoms with Gasteiger partial charge in [0.15, 0.2) is 6.61 Å². The highest BCUT2D eigenvalue weighted by molar-refractivity contribution is 6.07. The van der Waals surface area contributed by atoms with E-state index in [-0.39, 0.29) is 12.4 Å². The Labute approximate surface area is 158 Å². The fraction of sp³-hybridized carbons (Fsp3) is 0.300. The summed E-state index contributed by atoms with van der Waals surface area (Å²) in [5.74, 6) is 2.84. The van der Waals surface area contributed by atoms with Crippen LogP contribution >= 0.6 is 0 Å². The number of carbonyl (C=O) groups is 2. The van der Waals surface area contributed by atoms with Gasteiger partial charge in [-0.25, -0.2) is 9.78 Å². The zero-order chi connectivity index (χ0) is 19.1. The summed E-state index contributed by atoms with van der Waals surface area (Å²) in [6.45, 7) is 2.40. The highest BCUT2D eigenvalue weighted by atomic mass is 16.6. The predicted octanol–water partition coefficient (Wildman–Crippen LogP) is 1.99. The van der Waals surface area contributed by atoms with E-state index >= 15 is 0 Å². The third kappa shape index (κ3) is 4.61. The number of amides is 1. The maximum absolute atomic E-state index is 12.6. The number of ether oxygens (including phenoxy) is 1. The smallest absolute Gasteiger partial charge is 0.410 e. The summed E-state index contributed by atoms with van der Waals surface area (Å²) in [5, 5.41) is 0. The first-order valence-electron chi connectivity index (χ1n) is 8.71. The van der Waals surface area contributed by atoms with E-state index < -0.39 is 6.09 Å². The van der Waals surface area contributed by atoms with Crippen molar-refractivity contribution in [1.29, 1.82) is 0 Å². The molecule has 2 aromatic rings. The van der Waals surface area contributed by atoms with Gasteiger partial charge in [0, 0.05) is 44.1 Å². The van der Waals surface area contributed by atoms with E-state index in [1.807, 2.05) is 12.1 Å². The lowest BCUT2D eigenvalue weighted by atomic mass is 10.1. The summed E-state index contributed by atoms with van der Waals surface area (Å²) in [6.07, 6.45) is 8.65. The number of pyridine rings is 2. The average Bonchev–Trinajstić information content (AvgIpc) is 2.98. The van der Waals surface area contributed by atoms with Crippen LogP contribution in [0.5, 0.6) is 0 Å². The Bertz CT molecular complexity index is 848. The zero-order valence-electron chi connectivity index (χ0n) is 14.9. The summed E-state index contributed by atoms with van der Waals surface area (Å²) in [7, 11) is 0. The Kier molecular flexibility index (Phi) is 6.00. The summed E-state index contributed by atoms with van der Waals surface area (Å²) < 4.78 is 4.99. The fourth-order valence-corrected chi connectivity index (χ4v) is 2.89. The van der Waals surface area contributed by atoms with Crippen molar-refractivity contribution in [3.63, 3.8) is 0 Å². The minimum absolute atomic E-state index is 0.0287. The predicted molar refractivity (Wildman–Crippen MR) is 100 cm³/mol. The Morgan fingerprint density at radius 1 is 1.15 bits per heavy atom. The maximum Gasteiger partial charge on any atom is 0.410 e. The molecule has 2 aromatic heterocycles. The Balaban J connectivity index is 1.69. The first-order valence-corrected chi connectivity index (χ1v) is 8.71. The Morgan fingerprint density at radius 3 is 2.81 bits per heavy atom. The molecule has 0 aromatic carbocycles. The minimum atomic E-state index is -0.400. The molecule has 3 rings (SSSR count). The van der Waals surface area contributed by atoms with E-state index in [0.717, 1.165) is 13.0 Å². The molecule has 0 spiro atoms. The SMILES string of the molecule is C#CCOC(=O)N1CCCN(c2cccc(C(=O)c3cccnc3)n2)CC1. The largest absolute Gasteiger partial charge is 0.436 e. The molecule has 1 aliphatic heterocycles. The first-order chi connectivity index (χ1) is 13.2. The van der Waals surface area contributed by atoms with Crippen LogP contribution in [0, 0.1) is 12.3 Å². The van der Waals surface area contributed by atoms with Gasteiger partial charge in [0.25, 0.3) is 0 Å². The average molecular weight is 364 g/mol. The fourth-order valence-electron chi connectivity index (χ4n) is 2.89. The molecular weight excluding hydrogens is 344 g/mol. The van der Waals surface area contributed by atoms with Crippen LogP contribution in [0.3, 0.4) is 0 Å². The van der Waals surface area contributed by atoms with Crippen molar-refractivity contribution in [1.82, 2.24) is 14.9 Å². The van der Waals surface area contributed by atoms with Gasteiger partial charge >= 0.3 is 6.09 Å². The molecule has 0 unspecified atom stereocenters. The van der Waals surface area contributed by atoms with E-state index in [4.69, 9.17) is 11.2 Å². The van der Waals surface area contributed by atoms with Gasteiger partial charge in [0.1, 0.15) is 11.5 Å². The van der Waals surface area contributed by atoms with Crippen LogP contribution in [0.25, 0.3) is 0 Å². The lowest BCUT2D eigenvalue weighted by Crippen LogP contribution is -2.35. The minimum Gasteiger partial charge on any atom is -0.436 e. The molecule has 27 heavy (non-hydrogen) atoms. The molecule has 7 nitrogen and oxygen atoms in total. The van der Waals surface area contributed by atoms with Crippen molar-refractivity contribution in [2.75, 3.05) is 37.7 Å². The van der Waals surface area contributed by atoms with E-state index in [0.29, 0.717) is 36.7 Å². The molecular formula is C20H20N4O3. The van der Waals surface area contributed by atoms with E-state index in [2.05, 4.69) is 20.8 Å². The lowest BCUT2D eigenvalue weighted by molar-refractivity contribution is 0.103. The van der Waals surface area contributed by atoms with Crippen LogP contribution in [0.15, 0.2) is 42.7 Å². The molecule has 3 heterocycles. The van der Waals surface area contributed by atoms with Gasteiger partial charge < -0.3 is 14.5 Å². The maximum atomic E-state index is 12.6. The van der Waals surface area contributed by atoms with Crippen LogP contribution in [0.4, 0.5) is 10.6 Å². The van der Waals surface area contributed by atoms with Gasteiger partial charge in [-0.05, 0) is 30.7 Å². The van der Waals surface area contributed by atoms with Crippen molar-refractivity contribution in [2.24, 2.45) is 0 Å². The van der Waals surface area contributed by atoms with Crippen LogP contribution in [0.1, 0.15) is 22.5 Å². The number of anilines is 1. The number of aromatic nitrogens is 2. The first kappa shape index (κ1) is 18.4. The summed E-state index contributed by atoms with van der Waals surface area (Å²) in [4.78, 5) is 36.8. The molecule has 1 aliphatic rings. The highest BCUT2D eigenvalue weighted by Gasteiger charge is 2.21. The van der Waals surface area contributed by atoms with Crippen molar-refractivity contribution in [2.45, 2.75) is 6.42 Å². The molecule has 138 valence electrons. The van der Waals surface area contributed by atoms with Gasteiger partial charge in [0.2, 0.25) is 5.78 Å². The number of rotatable bonds is 4. The van der Waals surface area contributed by atoms with Crippen LogP contribution in [-0.2, 0) is 4.74 Å². The summed E-state index contributed by atoms with van der Waals surface area (Å²) in [6, 6.07) is 8.82. The van der Waals surface area contributed by atoms with Crippen molar-refractivity contribution < 1.29 is 14.3 Å². The summed E-state index contributed by atoms with van der Waals surface area (Å²) in [5.41, 5.74) is 0.871. The topological polar surface area (TPSA) is 75.6 Å². The van der Waals surface area contributed by atoms with Gasteiger partial charge in [-0.2, -0.15) is 0 Å². The second kappa shape index (κ2) is 8.81. The zero-order valence-corrected chi connectivity index (χ0v) is 14.9. The molecule has 1 amide bonds. The number of carbonyl (C=O) groups excluding carboxylic acids is 2. The molecule has 0 bridgehead atoms. The third-order valence-corrected chi connectivity index (χ3v) is 4.25. The molecule has 0 atom stereocenters. The third-order valence-electron chi connectivity index (χ3n) is 4.25. The number of ketones is 1. The second-order valence-corrected chi connectivity index (χ2v) is 6.04. The van der Waals surface area contributed by atoms with E-state index in [1.54, 1.807) is 29.3 Å². The van der Waals surface area contributed by atoms with E-state index in [1.165, 1.54) is 6.20 Å². The molecule has 0 N–H and O–H groups in total. The molecule has 0 radical (unpaired) electrons. The quantitative estimate of drug-likeness (QED) is 0.610. The van der Waals surface area contributed by atoms with Crippen LogP contribution < -0.4 is 4.90 Å². The number of terminal acetylenes is 1. The van der Waals surface area contributed by atoms with Gasteiger partial charge in [-0.15, -0.1) is 6.42 Å². The molecule has 1 fully saturated rings. The number of hydrogen-bond donors (Lipinski definition) is 0. The molecule has 7 heteroatoms. The van der Waals surface area contributed by atoms with Gasteiger partial charge in [-0.3, -0.25) is 9.78 Å². The monoisotopic (exact) mass is 364 g/mol.